The number of rotatable bonds is 4. The molecule has 0 bridgehead atoms. The SMILES string of the molecule is COc1cc(C)c(NC(=O)C[P+](C)(C)C)c(C)c1. The molecule has 0 unspecified atom stereocenters. The number of hydrogen-bond acceptors (Lipinski definition) is 2. The maximum Gasteiger partial charge on any atom is 0.261 e. The van der Waals surface area contributed by atoms with Gasteiger partial charge in [-0.05, 0) is 37.1 Å². The van der Waals surface area contributed by atoms with Crippen LogP contribution in [0.1, 0.15) is 11.1 Å². The van der Waals surface area contributed by atoms with Crippen LogP contribution in [-0.2, 0) is 4.79 Å². The third-order valence-corrected chi connectivity index (χ3v) is 3.86. The lowest BCUT2D eigenvalue weighted by atomic mass is 10.1. The van der Waals surface area contributed by atoms with E-state index < -0.39 is 7.26 Å². The standard InChI is InChI=1S/C14H22NO2P/c1-10-7-12(17-3)8-11(2)14(10)15-13(16)9-18(4,5)6/h7-8H,9H2,1-6H3/p+1. The highest BCUT2D eigenvalue weighted by Gasteiger charge is 2.23. The Labute approximate surface area is 110 Å². The van der Waals surface area contributed by atoms with Gasteiger partial charge in [-0.3, -0.25) is 4.79 Å². The molecular formula is C14H23NO2P+. The van der Waals surface area contributed by atoms with Crippen molar-refractivity contribution in [3.63, 3.8) is 0 Å². The Bertz CT molecular complexity index is 427. The molecule has 3 nitrogen and oxygen atoms in total. The number of hydrogen-bond donors (Lipinski definition) is 1. The van der Waals surface area contributed by atoms with E-state index in [4.69, 9.17) is 4.74 Å². The molecule has 4 heteroatoms. The van der Waals surface area contributed by atoms with Gasteiger partial charge in [0.05, 0.1) is 7.11 Å². The van der Waals surface area contributed by atoms with E-state index in [0.717, 1.165) is 22.6 Å². The smallest absolute Gasteiger partial charge is 0.261 e. The van der Waals surface area contributed by atoms with Gasteiger partial charge in [0.2, 0.25) is 0 Å². The molecule has 1 amide bonds. The summed E-state index contributed by atoms with van der Waals surface area (Å²) >= 11 is 0. The molecule has 0 atom stereocenters. The number of amides is 1. The minimum Gasteiger partial charge on any atom is -0.497 e. The first-order chi connectivity index (χ1) is 8.23. The number of aryl methyl sites for hydroxylation is 2. The summed E-state index contributed by atoms with van der Waals surface area (Å²) in [7, 11) is 0.558. The molecule has 0 saturated heterocycles. The molecule has 0 aliphatic rings. The molecule has 0 saturated carbocycles. The van der Waals surface area contributed by atoms with Crippen LogP contribution in [-0.4, -0.2) is 39.2 Å². The Balaban J connectivity index is 2.88. The van der Waals surface area contributed by atoms with Crippen molar-refractivity contribution < 1.29 is 9.53 Å². The molecule has 0 fully saturated rings. The van der Waals surface area contributed by atoms with Crippen molar-refractivity contribution in [1.29, 1.82) is 0 Å². The Morgan fingerprint density at radius 1 is 1.22 bits per heavy atom. The lowest BCUT2D eigenvalue weighted by molar-refractivity contribution is -0.113. The van der Waals surface area contributed by atoms with Crippen molar-refractivity contribution in [2.75, 3.05) is 38.6 Å². The van der Waals surface area contributed by atoms with Crippen LogP contribution in [0.15, 0.2) is 12.1 Å². The van der Waals surface area contributed by atoms with Crippen LogP contribution in [0.4, 0.5) is 5.69 Å². The highest BCUT2D eigenvalue weighted by atomic mass is 31.2. The molecule has 18 heavy (non-hydrogen) atoms. The summed E-state index contributed by atoms with van der Waals surface area (Å²) in [5.74, 6) is 0.929. The molecule has 1 N–H and O–H groups in total. The molecule has 1 rings (SSSR count). The Morgan fingerprint density at radius 2 is 1.72 bits per heavy atom. The minimum atomic E-state index is -1.09. The number of ether oxygens (including phenoxy) is 1. The van der Waals surface area contributed by atoms with E-state index in [1.165, 1.54) is 0 Å². The minimum absolute atomic E-state index is 0.104. The fraction of sp³-hybridized carbons (Fsp3) is 0.500. The second kappa shape index (κ2) is 5.71. The van der Waals surface area contributed by atoms with E-state index in [1.54, 1.807) is 7.11 Å². The van der Waals surface area contributed by atoms with E-state index in [-0.39, 0.29) is 5.91 Å². The van der Waals surface area contributed by atoms with Crippen molar-refractivity contribution in [2.24, 2.45) is 0 Å². The third kappa shape index (κ3) is 4.30. The van der Waals surface area contributed by atoms with Crippen molar-refractivity contribution in [1.82, 2.24) is 0 Å². The largest absolute Gasteiger partial charge is 0.497 e. The van der Waals surface area contributed by atoms with Crippen LogP contribution in [0.3, 0.4) is 0 Å². The first-order valence-electron chi connectivity index (χ1n) is 5.98. The monoisotopic (exact) mass is 268 g/mol. The van der Waals surface area contributed by atoms with Crippen LogP contribution >= 0.6 is 7.26 Å². The summed E-state index contributed by atoms with van der Waals surface area (Å²) in [5.41, 5.74) is 2.98. The molecule has 1 aromatic rings. The molecule has 0 aliphatic heterocycles. The van der Waals surface area contributed by atoms with Crippen molar-refractivity contribution in [3.05, 3.63) is 23.3 Å². The van der Waals surface area contributed by atoms with Gasteiger partial charge < -0.3 is 10.1 Å². The zero-order valence-electron chi connectivity index (χ0n) is 12.1. The first-order valence-corrected chi connectivity index (χ1v) is 9.30. The first kappa shape index (κ1) is 15.0. The predicted molar refractivity (Wildman–Crippen MR) is 80.7 cm³/mol. The van der Waals surface area contributed by atoms with Crippen LogP contribution in [0.5, 0.6) is 5.75 Å². The lowest BCUT2D eigenvalue weighted by Gasteiger charge is -2.15. The predicted octanol–water partition coefficient (Wildman–Crippen LogP) is 3.16. The summed E-state index contributed by atoms with van der Waals surface area (Å²) < 4.78 is 5.21. The van der Waals surface area contributed by atoms with Gasteiger partial charge in [-0.2, -0.15) is 0 Å². The fourth-order valence-electron chi connectivity index (χ4n) is 1.85. The number of carbonyl (C=O) groups is 1. The van der Waals surface area contributed by atoms with Gasteiger partial charge in [0, 0.05) is 32.9 Å². The molecule has 0 radical (unpaired) electrons. The average Bonchev–Trinajstić information content (AvgIpc) is 2.20. The third-order valence-electron chi connectivity index (χ3n) is 2.62. The molecule has 1 aromatic carbocycles. The average molecular weight is 268 g/mol. The van der Waals surface area contributed by atoms with Gasteiger partial charge in [0.1, 0.15) is 11.9 Å². The highest BCUT2D eigenvalue weighted by Crippen LogP contribution is 2.46. The summed E-state index contributed by atoms with van der Waals surface area (Å²) in [5, 5.41) is 3.02. The fourth-order valence-corrected chi connectivity index (χ4v) is 2.79. The van der Waals surface area contributed by atoms with Gasteiger partial charge in [-0.25, -0.2) is 0 Å². The van der Waals surface area contributed by atoms with E-state index in [2.05, 4.69) is 25.3 Å². The number of nitrogens with one attached hydrogen (secondary N) is 1. The molecule has 0 aromatic heterocycles. The molecule has 0 spiro atoms. The normalized spacial score (nSPS) is 11.2. The second-order valence-corrected chi connectivity index (χ2v) is 10.5. The maximum absolute atomic E-state index is 12.0. The van der Waals surface area contributed by atoms with E-state index in [0.29, 0.717) is 6.16 Å². The summed E-state index contributed by atoms with van der Waals surface area (Å²) in [6.45, 7) is 10.5. The zero-order valence-corrected chi connectivity index (χ0v) is 13.0. The Hall–Kier alpha value is -1.08. The highest BCUT2D eigenvalue weighted by molar-refractivity contribution is 7.74. The zero-order chi connectivity index (χ0) is 13.9. The lowest BCUT2D eigenvalue weighted by Crippen LogP contribution is -2.19. The quantitative estimate of drug-likeness (QED) is 0.852. The van der Waals surface area contributed by atoms with Crippen LogP contribution in [0.25, 0.3) is 0 Å². The van der Waals surface area contributed by atoms with Gasteiger partial charge >= 0.3 is 0 Å². The van der Waals surface area contributed by atoms with Gasteiger partial charge in [-0.15, -0.1) is 0 Å². The molecule has 100 valence electrons. The Kier molecular flexibility index (Phi) is 4.75. The van der Waals surface area contributed by atoms with Crippen LogP contribution in [0.2, 0.25) is 0 Å². The van der Waals surface area contributed by atoms with E-state index in [1.807, 2.05) is 26.0 Å². The molecular weight excluding hydrogens is 245 g/mol. The van der Waals surface area contributed by atoms with Gasteiger partial charge in [0.25, 0.3) is 5.91 Å². The van der Waals surface area contributed by atoms with Crippen molar-refractivity contribution >= 4 is 18.9 Å². The van der Waals surface area contributed by atoms with Crippen LogP contribution < -0.4 is 10.1 Å². The van der Waals surface area contributed by atoms with Gasteiger partial charge in [-0.1, -0.05) is 0 Å². The second-order valence-electron chi connectivity index (χ2n) is 5.63. The topological polar surface area (TPSA) is 38.3 Å². The number of carbonyl (C=O) groups excluding carboxylic acids is 1. The van der Waals surface area contributed by atoms with E-state index >= 15 is 0 Å². The Morgan fingerprint density at radius 3 is 2.11 bits per heavy atom. The summed E-state index contributed by atoms with van der Waals surface area (Å²) in [6.07, 6.45) is 0.623. The number of methoxy groups -OCH3 is 1. The number of anilines is 1. The van der Waals surface area contributed by atoms with Crippen molar-refractivity contribution in [3.8, 4) is 5.75 Å². The van der Waals surface area contributed by atoms with E-state index in [9.17, 15) is 4.79 Å². The summed E-state index contributed by atoms with van der Waals surface area (Å²) in [6, 6.07) is 3.88. The maximum atomic E-state index is 12.0. The van der Waals surface area contributed by atoms with Gasteiger partial charge in [0.15, 0.2) is 0 Å². The number of benzene rings is 1. The molecule has 0 heterocycles. The van der Waals surface area contributed by atoms with Crippen LogP contribution in [0, 0.1) is 13.8 Å². The summed E-state index contributed by atoms with van der Waals surface area (Å²) in [4.78, 5) is 12.0. The van der Waals surface area contributed by atoms with Crippen molar-refractivity contribution in [2.45, 2.75) is 13.8 Å². The molecule has 0 aliphatic carbocycles.